The molecular weight excluding hydrogens is 269 g/mol. The Morgan fingerprint density at radius 3 is 2.44 bits per heavy atom. The van der Waals surface area contributed by atoms with Crippen molar-refractivity contribution in [2.45, 2.75) is 19.1 Å². The standard InChI is InChI=1S/C10H9F3N2O2S/c1-5-3-4-7-8(6(5)2)15-9(14-7)10(11,12)18(13,16)17/h3-4H,1-2H3,(H,14,15). The first kappa shape index (κ1) is 12.9. The highest BCUT2D eigenvalue weighted by molar-refractivity contribution is 7.87. The van der Waals surface area contributed by atoms with Crippen LogP contribution in [0, 0.1) is 13.8 Å². The van der Waals surface area contributed by atoms with Crippen molar-refractivity contribution in [3.05, 3.63) is 29.1 Å². The molecule has 0 bridgehead atoms. The van der Waals surface area contributed by atoms with E-state index in [1.807, 2.05) is 0 Å². The van der Waals surface area contributed by atoms with Gasteiger partial charge in [0.2, 0.25) is 0 Å². The fourth-order valence-corrected chi connectivity index (χ4v) is 1.89. The number of H-pyrrole nitrogens is 1. The number of hydrogen-bond donors (Lipinski definition) is 1. The highest BCUT2D eigenvalue weighted by Crippen LogP contribution is 2.35. The van der Waals surface area contributed by atoms with Crippen LogP contribution in [-0.2, 0) is 15.5 Å². The van der Waals surface area contributed by atoms with E-state index in [0.29, 0.717) is 5.56 Å². The van der Waals surface area contributed by atoms with E-state index in [1.54, 1.807) is 19.9 Å². The molecule has 2 aromatic rings. The van der Waals surface area contributed by atoms with Crippen LogP contribution in [0.25, 0.3) is 11.0 Å². The quantitative estimate of drug-likeness (QED) is 0.859. The molecule has 0 atom stereocenters. The zero-order valence-electron chi connectivity index (χ0n) is 9.46. The van der Waals surface area contributed by atoms with Crippen molar-refractivity contribution in [3.63, 3.8) is 0 Å². The summed E-state index contributed by atoms with van der Waals surface area (Å²) in [5.74, 6) is -1.21. The molecule has 0 aliphatic heterocycles. The van der Waals surface area contributed by atoms with Crippen molar-refractivity contribution in [1.29, 1.82) is 0 Å². The Morgan fingerprint density at radius 1 is 1.28 bits per heavy atom. The lowest BCUT2D eigenvalue weighted by atomic mass is 10.1. The molecule has 0 saturated heterocycles. The summed E-state index contributed by atoms with van der Waals surface area (Å²) in [7, 11) is -6.05. The lowest BCUT2D eigenvalue weighted by molar-refractivity contribution is 0.0755. The van der Waals surface area contributed by atoms with Crippen LogP contribution in [0.1, 0.15) is 17.0 Å². The minimum absolute atomic E-state index is 0.202. The molecule has 0 aliphatic rings. The first-order chi connectivity index (χ1) is 8.14. The number of imidazole rings is 1. The van der Waals surface area contributed by atoms with E-state index in [2.05, 4.69) is 9.97 Å². The Balaban J connectivity index is 2.73. The normalized spacial score (nSPS) is 13.2. The predicted molar refractivity (Wildman–Crippen MR) is 59.5 cm³/mol. The van der Waals surface area contributed by atoms with Crippen molar-refractivity contribution in [2.24, 2.45) is 0 Å². The molecule has 0 unspecified atom stereocenters. The minimum atomic E-state index is -6.05. The zero-order chi connectivity index (χ0) is 13.7. The van der Waals surface area contributed by atoms with Gasteiger partial charge >= 0.3 is 15.5 Å². The third-order valence-corrected chi connectivity index (χ3v) is 3.57. The predicted octanol–water partition coefficient (Wildman–Crippen LogP) is 2.53. The first-order valence-corrected chi connectivity index (χ1v) is 6.31. The molecule has 98 valence electrons. The molecule has 1 aromatic heterocycles. The molecule has 2 rings (SSSR count). The van der Waals surface area contributed by atoms with E-state index < -0.39 is 21.3 Å². The maximum atomic E-state index is 13.3. The molecule has 0 spiro atoms. The van der Waals surface area contributed by atoms with Crippen molar-refractivity contribution in [1.82, 2.24) is 9.97 Å². The van der Waals surface area contributed by atoms with Crippen molar-refractivity contribution in [2.75, 3.05) is 0 Å². The topological polar surface area (TPSA) is 62.8 Å². The number of aromatic amines is 1. The van der Waals surface area contributed by atoms with E-state index in [0.717, 1.165) is 5.56 Å². The molecule has 1 aromatic carbocycles. The number of hydrogen-bond acceptors (Lipinski definition) is 3. The lowest BCUT2D eigenvalue weighted by Gasteiger charge is -2.06. The SMILES string of the molecule is Cc1ccc2[nH]c(C(F)(F)S(=O)(=O)F)nc2c1C. The Bertz CT molecular complexity index is 722. The largest absolute Gasteiger partial charge is 0.430 e. The van der Waals surface area contributed by atoms with Crippen LogP contribution >= 0.6 is 0 Å². The molecule has 0 radical (unpaired) electrons. The van der Waals surface area contributed by atoms with Crippen LogP contribution in [0.15, 0.2) is 12.1 Å². The van der Waals surface area contributed by atoms with Crippen LogP contribution in [0.4, 0.5) is 12.7 Å². The Hall–Kier alpha value is -1.57. The number of benzene rings is 1. The number of aryl methyl sites for hydroxylation is 2. The monoisotopic (exact) mass is 278 g/mol. The average Bonchev–Trinajstić information content (AvgIpc) is 2.67. The van der Waals surface area contributed by atoms with E-state index in [9.17, 15) is 21.1 Å². The number of nitrogens with one attached hydrogen (secondary N) is 1. The fourth-order valence-electron chi connectivity index (χ4n) is 1.57. The molecule has 1 heterocycles. The molecule has 1 N–H and O–H groups in total. The fraction of sp³-hybridized carbons (Fsp3) is 0.300. The maximum Gasteiger partial charge on any atom is 0.430 e. The number of aromatic nitrogens is 2. The number of halogens is 3. The van der Waals surface area contributed by atoms with Gasteiger partial charge in [-0.2, -0.15) is 17.2 Å². The summed E-state index contributed by atoms with van der Waals surface area (Å²) in [6.07, 6.45) is 0. The van der Waals surface area contributed by atoms with Crippen LogP contribution in [0.5, 0.6) is 0 Å². The molecule has 8 heteroatoms. The lowest BCUT2D eigenvalue weighted by Crippen LogP contribution is -2.23. The second-order valence-corrected chi connectivity index (χ2v) is 5.33. The highest BCUT2D eigenvalue weighted by atomic mass is 32.3. The van der Waals surface area contributed by atoms with Crippen molar-refractivity contribution < 1.29 is 21.1 Å². The van der Waals surface area contributed by atoms with Crippen LogP contribution in [-0.4, -0.2) is 18.4 Å². The number of fused-ring (bicyclic) bond motifs is 1. The van der Waals surface area contributed by atoms with Gasteiger partial charge in [-0.15, -0.1) is 0 Å². The Kier molecular flexibility index (Phi) is 2.65. The molecule has 0 amide bonds. The Morgan fingerprint density at radius 2 is 1.89 bits per heavy atom. The summed E-state index contributed by atoms with van der Waals surface area (Å²) in [6.45, 7) is 3.41. The molecule has 0 saturated carbocycles. The Labute approximate surface area is 101 Å². The third kappa shape index (κ3) is 1.76. The summed E-state index contributed by atoms with van der Waals surface area (Å²) in [4.78, 5) is 5.62. The third-order valence-electron chi connectivity index (χ3n) is 2.76. The second kappa shape index (κ2) is 3.71. The molecular formula is C10H9F3N2O2S. The first-order valence-electron chi connectivity index (χ1n) is 4.93. The van der Waals surface area contributed by atoms with Gasteiger partial charge in [0.25, 0.3) is 0 Å². The van der Waals surface area contributed by atoms with Crippen LogP contribution in [0.2, 0.25) is 0 Å². The smallest absolute Gasteiger partial charge is 0.336 e. The van der Waals surface area contributed by atoms with E-state index in [4.69, 9.17) is 0 Å². The van der Waals surface area contributed by atoms with Gasteiger partial charge in [0.15, 0.2) is 5.82 Å². The van der Waals surface area contributed by atoms with Gasteiger partial charge in [0.1, 0.15) is 0 Å². The number of alkyl halides is 2. The average molecular weight is 278 g/mol. The van der Waals surface area contributed by atoms with Gasteiger partial charge < -0.3 is 4.98 Å². The van der Waals surface area contributed by atoms with E-state index >= 15 is 0 Å². The summed E-state index contributed by atoms with van der Waals surface area (Å²) >= 11 is 0. The van der Waals surface area contributed by atoms with Crippen LogP contribution in [0.3, 0.4) is 0 Å². The molecule has 18 heavy (non-hydrogen) atoms. The number of nitrogens with zero attached hydrogens (tertiary/aromatic N) is 1. The molecule has 0 aliphatic carbocycles. The summed E-state index contributed by atoms with van der Waals surface area (Å²) in [5.41, 5.74) is 1.87. The summed E-state index contributed by atoms with van der Waals surface area (Å²) in [5, 5.41) is -4.67. The highest BCUT2D eigenvalue weighted by Gasteiger charge is 2.50. The molecule has 4 nitrogen and oxygen atoms in total. The minimum Gasteiger partial charge on any atom is -0.336 e. The van der Waals surface area contributed by atoms with Gasteiger partial charge in [0.05, 0.1) is 11.0 Å². The van der Waals surface area contributed by atoms with Gasteiger partial charge in [-0.05, 0) is 31.0 Å². The van der Waals surface area contributed by atoms with Crippen molar-refractivity contribution >= 4 is 21.3 Å². The summed E-state index contributed by atoms with van der Waals surface area (Å²) < 4.78 is 59.9. The molecule has 0 fully saturated rings. The summed E-state index contributed by atoms with van der Waals surface area (Å²) in [6, 6.07) is 3.15. The maximum absolute atomic E-state index is 13.3. The zero-order valence-corrected chi connectivity index (χ0v) is 10.3. The van der Waals surface area contributed by atoms with E-state index in [-0.39, 0.29) is 11.0 Å². The van der Waals surface area contributed by atoms with Crippen LogP contribution < -0.4 is 0 Å². The van der Waals surface area contributed by atoms with E-state index in [1.165, 1.54) is 6.07 Å². The van der Waals surface area contributed by atoms with Crippen molar-refractivity contribution in [3.8, 4) is 0 Å². The van der Waals surface area contributed by atoms with Gasteiger partial charge in [-0.3, -0.25) is 0 Å². The number of rotatable bonds is 2. The van der Waals surface area contributed by atoms with Gasteiger partial charge in [-0.25, -0.2) is 4.98 Å². The van der Waals surface area contributed by atoms with Gasteiger partial charge in [0, 0.05) is 0 Å². The second-order valence-electron chi connectivity index (χ2n) is 3.94. The van der Waals surface area contributed by atoms with Gasteiger partial charge in [-0.1, -0.05) is 9.95 Å².